The first kappa shape index (κ1) is 20.4. The lowest BCUT2D eigenvalue weighted by atomic mass is 9.98. The van der Waals surface area contributed by atoms with Gasteiger partial charge in [-0.15, -0.1) is 0 Å². The summed E-state index contributed by atoms with van der Waals surface area (Å²) in [6, 6.07) is 7.34. The van der Waals surface area contributed by atoms with Crippen molar-refractivity contribution in [1.29, 1.82) is 0 Å². The van der Waals surface area contributed by atoms with Crippen LogP contribution in [0.5, 0.6) is 0 Å². The van der Waals surface area contributed by atoms with Crippen molar-refractivity contribution in [2.24, 2.45) is 5.92 Å². The Labute approximate surface area is 146 Å². The zero-order chi connectivity index (χ0) is 18.8. The first-order valence-electron chi connectivity index (χ1n) is 8.10. The Bertz CT molecular complexity index is 579. The van der Waals surface area contributed by atoms with Crippen LogP contribution in [0.25, 0.3) is 0 Å². The van der Waals surface area contributed by atoms with Crippen molar-refractivity contribution in [3.63, 3.8) is 0 Å². The van der Waals surface area contributed by atoms with E-state index in [1.807, 2.05) is 37.3 Å². The van der Waals surface area contributed by atoms with Crippen LogP contribution in [0.2, 0.25) is 0 Å². The van der Waals surface area contributed by atoms with Crippen molar-refractivity contribution in [3.8, 4) is 0 Å². The van der Waals surface area contributed by atoms with E-state index in [9.17, 15) is 14.4 Å². The fourth-order valence-corrected chi connectivity index (χ4v) is 2.06. The summed E-state index contributed by atoms with van der Waals surface area (Å²) in [6.07, 6.45) is -0.113. The molecule has 25 heavy (non-hydrogen) atoms. The quantitative estimate of drug-likeness (QED) is 0.416. The predicted octanol–water partition coefficient (Wildman–Crippen LogP) is 1.34. The third kappa shape index (κ3) is 6.80. The van der Waals surface area contributed by atoms with E-state index in [4.69, 9.17) is 9.94 Å². The van der Waals surface area contributed by atoms with Crippen LogP contribution >= 0.6 is 0 Å². The van der Waals surface area contributed by atoms with E-state index in [0.29, 0.717) is 6.42 Å². The van der Waals surface area contributed by atoms with Crippen LogP contribution in [0.15, 0.2) is 30.3 Å². The number of ether oxygens (including phenoxy) is 1. The van der Waals surface area contributed by atoms with Crippen LogP contribution < -0.4 is 16.1 Å². The maximum Gasteiger partial charge on any atom is 0.408 e. The fraction of sp³-hybridized carbons (Fsp3) is 0.471. The topological polar surface area (TPSA) is 117 Å². The molecule has 4 N–H and O–H groups in total. The Morgan fingerprint density at radius 2 is 1.72 bits per heavy atom. The molecule has 0 bridgehead atoms. The lowest BCUT2D eigenvalue weighted by Crippen LogP contribution is -2.54. The first-order chi connectivity index (χ1) is 11.9. The van der Waals surface area contributed by atoms with Crippen LogP contribution in [0.4, 0.5) is 4.79 Å². The number of hydroxylamine groups is 1. The Kier molecular flexibility index (Phi) is 8.42. The fourth-order valence-electron chi connectivity index (χ4n) is 2.06. The highest BCUT2D eigenvalue weighted by atomic mass is 16.5. The Morgan fingerprint density at radius 1 is 1.08 bits per heavy atom. The highest BCUT2D eigenvalue weighted by molar-refractivity contribution is 5.90. The molecular weight excluding hydrogens is 326 g/mol. The summed E-state index contributed by atoms with van der Waals surface area (Å²) in [4.78, 5) is 35.6. The molecule has 0 aliphatic carbocycles. The molecule has 138 valence electrons. The molecule has 0 unspecified atom stereocenters. The number of amides is 3. The van der Waals surface area contributed by atoms with E-state index in [1.165, 1.54) is 12.4 Å². The largest absolute Gasteiger partial charge is 0.445 e. The smallest absolute Gasteiger partial charge is 0.408 e. The average Bonchev–Trinajstić information content (AvgIpc) is 2.63. The number of benzene rings is 1. The van der Waals surface area contributed by atoms with Crippen molar-refractivity contribution in [2.45, 2.75) is 45.9 Å². The molecule has 0 aliphatic heterocycles. The molecule has 0 aliphatic rings. The Morgan fingerprint density at radius 3 is 2.28 bits per heavy atom. The van der Waals surface area contributed by atoms with Crippen LogP contribution in [-0.4, -0.2) is 35.2 Å². The summed E-state index contributed by atoms with van der Waals surface area (Å²) in [6.45, 7) is 5.19. The molecule has 0 heterocycles. The second kappa shape index (κ2) is 10.3. The number of rotatable bonds is 8. The van der Waals surface area contributed by atoms with Crippen molar-refractivity contribution in [1.82, 2.24) is 16.1 Å². The van der Waals surface area contributed by atoms with Crippen molar-refractivity contribution in [3.05, 3.63) is 35.9 Å². The molecule has 0 aromatic heterocycles. The van der Waals surface area contributed by atoms with Crippen molar-refractivity contribution in [2.75, 3.05) is 0 Å². The molecule has 0 fully saturated rings. The van der Waals surface area contributed by atoms with E-state index in [1.54, 1.807) is 6.92 Å². The third-order valence-corrected chi connectivity index (χ3v) is 3.84. The van der Waals surface area contributed by atoms with E-state index < -0.39 is 30.0 Å². The summed E-state index contributed by atoms with van der Waals surface area (Å²) in [7, 11) is 0. The normalized spacial score (nSPS) is 13.9. The molecule has 1 rings (SSSR count). The van der Waals surface area contributed by atoms with E-state index in [2.05, 4.69) is 10.6 Å². The minimum absolute atomic E-state index is 0.0867. The SMILES string of the molecule is CC[C@H](C)[C@H](NC(=O)[C@H](C)NC(=O)OCc1ccccc1)C(=O)NO. The molecule has 8 heteroatoms. The lowest BCUT2D eigenvalue weighted by Gasteiger charge is -2.24. The highest BCUT2D eigenvalue weighted by Gasteiger charge is 2.28. The summed E-state index contributed by atoms with van der Waals surface area (Å²) < 4.78 is 5.04. The van der Waals surface area contributed by atoms with Gasteiger partial charge in [0.25, 0.3) is 5.91 Å². The number of nitrogens with one attached hydrogen (secondary N) is 3. The van der Waals surface area contributed by atoms with Gasteiger partial charge in [-0.2, -0.15) is 0 Å². The number of hydrogen-bond donors (Lipinski definition) is 4. The summed E-state index contributed by atoms with van der Waals surface area (Å²) in [5.41, 5.74) is 2.36. The second-order valence-electron chi connectivity index (χ2n) is 5.78. The van der Waals surface area contributed by atoms with Gasteiger partial charge < -0.3 is 15.4 Å². The molecule has 8 nitrogen and oxygen atoms in total. The zero-order valence-corrected chi connectivity index (χ0v) is 14.6. The maximum absolute atomic E-state index is 12.2. The Hall–Kier alpha value is -2.61. The standard InChI is InChI=1S/C17H25N3O5/c1-4-11(2)14(16(22)20-24)19-15(21)12(3)18-17(23)25-10-13-8-6-5-7-9-13/h5-9,11-12,14,24H,4,10H2,1-3H3,(H,18,23)(H,19,21)(H,20,22)/t11-,12-,14-/m0/s1. The zero-order valence-electron chi connectivity index (χ0n) is 14.6. The van der Waals surface area contributed by atoms with E-state index in [0.717, 1.165) is 5.56 Å². The minimum Gasteiger partial charge on any atom is -0.445 e. The number of carbonyl (C=O) groups is 3. The molecule has 3 atom stereocenters. The molecule has 0 saturated heterocycles. The molecule has 0 spiro atoms. The van der Waals surface area contributed by atoms with Gasteiger partial charge in [0.2, 0.25) is 5.91 Å². The van der Waals surface area contributed by atoms with Gasteiger partial charge in [-0.3, -0.25) is 14.8 Å². The number of hydrogen-bond acceptors (Lipinski definition) is 5. The van der Waals surface area contributed by atoms with Crippen LogP contribution in [0.1, 0.15) is 32.8 Å². The molecule has 1 aromatic rings. The molecular formula is C17H25N3O5. The van der Waals surface area contributed by atoms with Crippen LogP contribution in [0.3, 0.4) is 0 Å². The van der Waals surface area contributed by atoms with Crippen LogP contribution in [0, 0.1) is 5.92 Å². The van der Waals surface area contributed by atoms with Gasteiger partial charge in [-0.25, -0.2) is 10.3 Å². The highest BCUT2D eigenvalue weighted by Crippen LogP contribution is 2.08. The van der Waals surface area contributed by atoms with Gasteiger partial charge >= 0.3 is 6.09 Å². The van der Waals surface area contributed by atoms with E-state index in [-0.39, 0.29) is 12.5 Å². The Balaban J connectivity index is 2.51. The maximum atomic E-state index is 12.2. The van der Waals surface area contributed by atoms with Gasteiger partial charge in [0.05, 0.1) is 0 Å². The summed E-state index contributed by atoms with van der Waals surface area (Å²) >= 11 is 0. The third-order valence-electron chi connectivity index (χ3n) is 3.84. The molecule has 0 saturated carbocycles. The van der Waals surface area contributed by atoms with Gasteiger partial charge in [0.15, 0.2) is 0 Å². The molecule has 3 amide bonds. The summed E-state index contributed by atoms with van der Waals surface area (Å²) in [5, 5.41) is 13.7. The van der Waals surface area contributed by atoms with Gasteiger partial charge in [-0.1, -0.05) is 50.6 Å². The van der Waals surface area contributed by atoms with Crippen LogP contribution in [-0.2, 0) is 20.9 Å². The van der Waals surface area contributed by atoms with Gasteiger partial charge in [0.1, 0.15) is 18.7 Å². The monoisotopic (exact) mass is 351 g/mol. The average molecular weight is 351 g/mol. The second-order valence-corrected chi connectivity index (χ2v) is 5.78. The van der Waals surface area contributed by atoms with Crippen molar-refractivity contribution < 1.29 is 24.3 Å². The van der Waals surface area contributed by atoms with Gasteiger partial charge in [-0.05, 0) is 18.4 Å². The lowest BCUT2D eigenvalue weighted by molar-refractivity contribution is -0.136. The molecule has 1 aromatic carbocycles. The predicted molar refractivity (Wildman–Crippen MR) is 90.5 cm³/mol. The van der Waals surface area contributed by atoms with Crippen molar-refractivity contribution >= 4 is 17.9 Å². The van der Waals surface area contributed by atoms with E-state index >= 15 is 0 Å². The summed E-state index contributed by atoms with van der Waals surface area (Å²) in [5.74, 6) is -1.44. The molecule has 0 radical (unpaired) electrons. The first-order valence-corrected chi connectivity index (χ1v) is 8.10. The van der Waals surface area contributed by atoms with Gasteiger partial charge in [0, 0.05) is 0 Å². The minimum atomic E-state index is -0.902. The number of carbonyl (C=O) groups excluding carboxylic acids is 3. The number of alkyl carbamates (subject to hydrolysis) is 1.